The van der Waals surface area contributed by atoms with Crippen LogP contribution in [0.1, 0.15) is 16.1 Å². The highest BCUT2D eigenvalue weighted by Crippen LogP contribution is 2.21. The van der Waals surface area contributed by atoms with Crippen molar-refractivity contribution in [3.8, 4) is 0 Å². The summed E-state index contributed by atoms with van der Waals surface area (Å²) in [7, 11) is 0. The minimum Gasteiger partial charge on any atom is -0.384 e. The third kappa shape index (κ3) is 3.53. The van der Waals surface area contributed by atoms with Gasteiger partial charge in [-0.05, 0) is 18.6 Å². The van der Waals surface area contributed by atoms with Gasteiger partial charge in [-0.25, -0.2) is 0 Å². The van der Waals surface area contributed by atoms with Gasteiger partial charge in [0.15, 0.2) is 3.95 Å². The molecule has 8 heteroatoms. The highest BCUT2D eigenvalue weighted by atomic mass is 32.1. The molecule has 0 bridgehead atoms. The molecule has 106 valence electrons. The van der Waals surface area contributed by atoms with E-state index in [-0.39, 0.29) is 0 Å². The van der Waals surface area contributed by atoms with Crippen LogP contribution < -0.4 is 11.5 Å². The summed E-state index contributed by atoms with van der Waals surface area (Å²) < 4.78 is 7.70. The van der Waals surface area contributed by atoms with E-state index in [4.69, 9.17) is 28.4 Å². The Balaban J connectivity index is 1.92. The van der Waals surface area contributed by atoms with Crippen molar-refractivity contribution in [1.82, 2.24) is 9.47 Å². The minimum absolute atomic E-state index is 0.358. The molecule has 0 radical (unpaired) electrons. The van der Waals surface area contributed by atoms with Crippen LogP contribution in [0.2, 0.25) is 0 Å². The summed E-state index contributed by atoms with van der Waals surface area (Å²) in [6.07, 6.45) is 0.938. The zero-order valence-corrected chi connectivity index (χ0v) is 12.3. The summed E-state index contributed by atoms with van der Waals surface area (Å²) in [5.41, 5.74) is 11.1. The van der Waals surface area contributed by atoms with Crippen molar-refractivity contribution in [2.75, 3.05) is 38.6 Å². The van der Waals surface area contributed by atoms with Crippen LogP contribution in [0.3, 0.4) is 0 Å². The molecule has 0 aliphatic carbocycles. The quantitative estimate of drug-likeness (QED) is 0.781. The fraction of sp³-hybridized carbons (Fsp3) is 0.636. The van der Waals surface area contributed by atoms with Gasteiger partial charge >= 0.3 is 0 Å². The first-order valence-electron chi connectivity index (χ1n) is 6.18. The standard InChI is InChI=1S/C11H18N4O2S2/c12-9-8(10(13)16)19-11(18)15(9)3-1-2-14-4-6-17-7-5-14/h1-7,12H2,(H2,13,16). The Kier molecular flexibility index (Phi) is 4.92. The number of morpholine rings is 1. The van der Waals surface area contributed by atoms with Crippen molar-refractivity contribution in [1.29, 1.82) is 0 Å². The van der Waals surface area contributed by atoms with Gasteiger partial charge in [-0.3, -0.25) is 9.69 Å². The van der Waals surface area contributed by atoms with E-state index in [0.29, 0.717) is 21.2 Å². The van der Waals surface area contributed by atoms with Crippen molar-refractivity contribution in [3.63, 3.8) is 0 Å². The number of thiazole rings is 1. The normalized spacial score (nSPS) is 16.6. The van der Waals surface area contributed by atoms with Gasteiger partial charge in [-0.15, -0.1) is 0 Å². The fourth-order valence-electron chi connectivity index (χ4n) is 2.08. The average Bonchev–Trinajstić information content (AvgIpc) is 2.68. The molecule has 6 nitrogen and oxygen atoms in total. The number of hydrogen-bond donors (Lipinski definition) is 2. The molecule has 1 fully saturated rings. The smallest absolute Gasteiger partial charge is 0.262 e. The topological polar surface area (TPSA) is 86.5 Å². The second-order valence-corrected chi connectivity index (χ2v) is 6.05. The summed E-state index contributed by atoms with van der Waals surface area (Å²) in [5, 5.41) is 0. The molecule has 1 aliphatic rings. The molecule has 1 amide bonds. The van der Waals surface area contributed by atoms with Gasteiger partial charge in [0.2, 0.25) is 0 Å². The summed E-state index contributed by atoms with van der Waals surface area (Å²) in [5.74, 6) is -0.120. The molecular formula is C11H18N4O2S2. The van der Waals surface area contributed by atoms with Crippen LogP contribution in [0.4, 0.5) is 5.82 Å². The molecular weight excluding hydrogens is 284 g/mol. The number of nitrogens with two attached hydrogens (primary N) is 2. The van der Waals surface area contributed by atoms with Crippen LogP contribution in [0, 0.1) is 3.95 Å². The number of carbonyl (C=O) groups excluding carboxylic acids is 1. The number of hydrogen-bond acceptors (Lipinski definition) is 6. The van der Waals surface area contributed by atoms with Crippen LogP contribution in [-0.4, -0.2) is 48.2 Å². The van der Waals surface area contributed by atoms with E-state index in [1.807, 2.05) is 0 Å². The van der Waals surface area contributed by atoms with Crippen molar-refractivity contribution >= 4 is 35.3 Å². The first-order valence-corrected chi connectivity index (χ1v) is 7.41. The number of carbonyl (C=O) groups is 1. The highest BCUT2D eigenvalue weighted by molar-refractivity contribution is 7.73. The minimum atomic E-state index is -0.513. The molecule has 1 aromatic heterocycles. The molecule has 2 heterocycles. The van der Waals surface area contributed by atoms with E-state index >= 15 is 0 Å². The highest BCUT2D eigenvalue weighted by Gasteiger charge is 2.15. The Morgan fingerprint density at radius 3 is 2.63 bits per heavy atom. The van der Waals surface area contributed by atoms with Crippen LogP contribution in [-0.2, 0) is 11.3 Å². The summed E-state index contributed by atoms with van der Waals surface area (Å²) in [6.45, 7) is 5.23. The van der Waals surface area contributed by atoms with Crippen LogP contribution >= 0.6 is 23.6 Å². The Labute approximate surface area is 120 Å². The van der Waals surface area contributed by atoms with Gasteiger partial charge in [-0.1, -0.05) is 11.3 Å². The Bertz CT molecular complexity index is 505. The molecule has 0 unspecified atom stereocenters. The molecule has 0 atom stereocenters. The SMILES string of the molecule is NC(=O)c1sc(=S)n(CCCN2CCOCC2)c1N. The molecule has 0 spiro atoms. The second kappa shape index (κ2) is 6.47. The lowest BCUT2D eigenvalue weighted by Crippen LogP contribution is -2.37. The summed E-state index contributed by atoms with van der Waals surface area (Å²) in [4.78, 5) is 13.9. The Morgan fingerprint density at radius 2 is 2.05 bits per heavy atom. The maximum absolute atomic E-state index is 11.2. The van der Waals surface area contributed by atoms with Gasteiger partial charge in [0, 0.05) is 26.2 Å². The van der Waals surface area contributed by atoms with Crippen molar-refractivity contribution in [2.45, 2.75) is 13.0 Å². The van der Waals surface area contributed by atoms with E-state index < -0.39 is 5.91 Å². The summed E-state index contributed by atoms with van der Waals surface area (Å²) in [6, 6.07) is 0. The number of nitrogen functional groups attached to an aromatic ring is 1. The van der Waals surface area contributed by atoms with Crippen molar-refractivity contribution in [3.05, 3.63) is 8.83 Å². The molecule has 1 saturated heterocycles. The lowest BCUT2D eigenvalue weighted by Gasteiger charge is -2.26. The second-order valence-electron chi connectivity index (χ2n) is 4.41. The number of primary amides is 1. The van der Waals surface area contributed by atoms with Crippen LogP contribution in [0.15, 0.2) is 0 Å². The molecule has 1 aliphatic heterocycles. The lowest BCUT2D eigenvalue weighted by atomic mass is 10.3. The Morgan fingerprint density at radius 1 is 1.37 bits per heavy atom. The monoisotopic (exact) mass is 302 g/mol. The van der Waals surface area contributed by atoms with Gasteiger partial charge in [0.05, 0.1) is 13.2 Å². The summed E-state index contributed by atoms with van der Waals surface area (Å²) >= 11 is 6.39. The molecule has 2 rings (SSSR count). The predicted octanol–water partition coefficient (Wildman–Crippen LogP) is 0.682. The fourth-order valence-corrected chi connectivity index (χ4v) is 3.31. The lowest BCUT2D eigenvalue weighted by molar-refractivity contribution is 0.0369. The number of nitrogens with zero attached hydrogens (tertiary/aromatic N) is 2. The first kappa shape index (κ1) is 14.4. The van der Waals surface area contributed by atoms with Gasteiger partial charge in [-0.2, -0.15) is 0 Å². The number of anilines is 1. The largest absolute Gasteiger partial charge is 0.384 e. The maximum Gasteiger partial charge on any atom is 0.262 e. The van der Waals surface area contributed by atoms with E-state index in [2.05, 4.69) is 4.90 Å². The maximum atomic E-state index is 11.2. The number of ether oxygens (including phenoxy) is 1. The first-order chi connectivity index (χ1) is 9.09. The Hall–Kier alpha value is -0.960. The molecule has 4 N–H and O–H groups in total. The van der Waals surface area contributed by atoms with E-state index in [0.717, 1.165) is 39.3 Å². The molecule has 0 saturated carbocycles. The van der Waals surface area contributed by atoms with Gasteiger partial charge in [0.1, 0.15) is 10.7 Å². The van der Waals surface area contributed by atoms with Crippen LogP contribution in [0.5, 0.6) is 0 Å². The molecule has 1 aromatic rings. The van der Waals surface area contributed by atoms with Gasteiger partial charge in [0.25, 0.3) is 5.91 Å². The molecule has 0 aromatic carbocycles. The zero-order valence-electron chi connectivity index (χ0n) is 10.6. The average molecular weight is 302 g/mol. The number of rotatable bonds is 5. The van der Waals surface area contributed by atoms with E-state index in [1.54, 1.807) is 4.57 Å². The number of amides is 1. The van der Waals surface area contributed by atoms with Crippen molar-refractivity contribution < 1.29 is 9.53 Å². The molecule has 19 heavy (non-hydrogen) atoms. The van der Waals surface area contributed by atoms with Crippen LogP contribution in [0.25, 0.3) is 0 Å². The number of aromatic nitrogens is 1. The third-order valence-electron chi connectivity index (χ3n) is 3.12. The predicted molar refractivity (Wildman–Crippen MR) is 77.9 cm³/mol. The van der Waals surface area contributed by atoms with Gasteiger partial charge < -0.3 is 20.8 Å². The van der Waals surface area contributed by atoms with E-state index in [9.17, 15) is 4.79 Å². The zero-order chi connectivity index (χ0) is 13.8. The third-order valence-corrected chi connectivity index (χ3v) is 4.60. The van der Waals surface area contributed by atoms with Crippen molar-refractivity contribution in [2.24, 2.45) is 5.73 Å². The van der Waals surface area contributed by atoms with E-state index in [1.165, 1.54) is 11.3 Å².